The van der Waals surface area contributed by atoms with Crippen molar-refractivity contribution >= 4 is 0 Å². The monoisotopic (exact) mass is 1300 g/mol. The molecule has 6 heteroatoms. The summed E-state index contributed by atoms with van der Waals surface area (Å²) in [4.78, 5) is 30.7. The Labute approximate surface area is 594 Å². The molecule has 0 atom stereocenters. The van der Waals surface area contributed by atoms with Crippen LogP contribution in [-0.4, -0.2) is 29.9 Å². The summed E-state index contributed by atoms with van der Waals surface area (Å²) >= 11 is 0. The van der Waals surface area contributed by atoms with E-state index < -0.39 is 0 Å². The predicted molar refractivity (Wildman–Crippen MR) is 420 cm³/mol. The molecule has 17 rings (SSSR count). The van der Waals surface area contributed by atoms with Crippen molar-refractivity contribution in [3.63, 3.8) is 0 Å². The van der Waals surface area contributed by atoms with Crippen LogP contribution < -0.4 is 0 Å². The van der Waals surface area contributed by atoms with E-state index in [9.17, 15) is 0 Å². The lowest BCUT2D eigenvalue weighted by Gasteiger charge is -2.21. The van der Waals surface area contributed by atoms with Gasteiger partial charge in [-0.15, -0.1) is 0 Å². The Balaban J connectivity index is 0.890. The smallest absolute Gasteiger partial charge is 0.159 e. The van der Waals surface area contributed by atoms with Gasteiger partial charge in [-0.2, -0.15) is 0 Å². The van der Waals surface area contributed by atoms with Crippen LogP contribution in [0.25, 0.3) is 179 Å². The minimum Gasteiger partial charge on any atom is -0.256 e. The zero-order valence-electron chi connectivity index (χ0n) is 55.6. The van der Waals surface area contributed by atoms with Gasteiger partial charge in [0, 0.05) is 98.4 Å². The van der Waals surface area contributed by atoms with Crippen LogP contribution in [-0.2, 0) is 0 Å². The van der Waals surface area contributed by atoms with Crippen LogP contribution in [0.1, 0.15) is 0 Å². The normalized spacial score (nSPS) is 11.1. The molecule has 6 nitrogen and oxygen atoms in total. The summed E-state index contributed by atoms with van der Waals surface area (Å²) < 4.78 is 0. The molecule has 0 aliphatic rings. The van der Waals surface area contributed by atoms with Gasteiger partial charge in [0.05, 0.1) is 22.8 Å². The Kier molecular flexibility index (Phi) is 17.0. The third kappa shape index (κ3) is 12.7. The minimum atomic E-state index is 0.642. The molecule has 0 bridgehead atoms. The summed E-state index contributed by atoms with van der Waals surface area (Å²) in [5.41, 5.74) is 31.5. The molecule has 0 unspecified atom stereocenters. The highest BCUT2D eigenvalue weighted by Crippen LogP contribution is 2.48. The van der Waals surface area contributed by atoms with Crippen molar-refractivity contribution in [3.05, 3.63) is 389 Å². The van der Waals surface area contributed by atoms with E-state index in [1.165, 1.54) is 0 Å². The third-order valence-corrected chi connectivity index (χ3v) is 19.1. The van der Waals surface area contributed by atoms with Crippen molar-refractivity contribution in [2.24, 2.45) is 0 Å². The molecule has 0 fully saturated rings. The fourth-order valence-corrected chi connectivity index (χ4v) is 14.0. The van der Waals surface area contributed by atoms with Crippen LogP contribution in [0.3, 0.4) is 0 Å². The van der Waals surface area contributed by atoms with E-state index in [4.69, 9.17) is 29.9 Å². The number of rotatable bonds is 16. The fraction of sp³-hybridized carbons (Fsp3) is 0. The van der Waals surface area contributed by atoms with Crippen LogP contribution in [0.15, 0.2) is 389 Å². The van der Waals surface area contributed by atoms with Crippen molar-refractivity contribution in [1.29, 1.82) is 0 Å². The van der Waals surface area contributed by atoms with E-state index in [0.717, 1.165) is 173 Å². The largest absolute Gasteiger partial charge is 0.256 e. The molecule has 0 radical (unpaired) electrons. The Morgan fingerprint density at radius 2 is 0.333 bits per heavy atom. The average molecular weight is 1300 g/mol. The van der Waals surface area contributed by atoms with Crippen molar-refractivity contribution in [1.82, 2.24) is 29.9 Å². The van der Waals surface area contributed by atoms with Gasteiger partial charge in [-0.1, -0.05) is 291 Å². The Hall–Kier alpha value is -13.7. The molecular formula is C96H64N6. The molecule has 5 heterocycles. The van der Waals surface area contributed by atoms with E-state index in [-0.39, 0.29) is 0 Å². The fourth-order valence-electron chi connectivity index (χ4n) is 14.0. The second-order valence-electron chi connectivity index (χ2n) is 25.4. The first-order valence-electron chi connectivity index (χ1n) is 34.3. The molecular weight excluding hydrogens is 1240 g/mol. The maximum Gasteiger partial charge on any atom is 0.159 e. The molecule has 0 saturated heterocycles. The van der Waals surface area contributed by atoms with E-state index in [0.29, 0.717) is 5.82 Å². The van der Waals surface area contributed by atoms with Crippen LogP contribution in [0.2, 0.25) is 0 Å². The lowest BCUT2D eigenvalue weighted by Crippen LogP contribution is -1.97. The molecule has 102 heavy (non-hydrogen) atoms. The van der Waals surface area contributed by atoms with E-state index in [1.54, 1.807) is 0 Å². The van der Waals surface area contributed by atoms with Gasteiger partial charge in [-0.3, -0.25) is 19.9 Å². The SMILES string of the molecule is c1ccc(-c2ccc(-c3ccccc3-c3cc(-c4ccccc4-c4ccc(-c5ccccc5)nc4)cc(-c4cccc(-c5cc(-c6ccccc6-c6ccc(-c7ccccc7)nc6)cc(-c6ccccc6-c6ccc(-c7ccccc7)nc6)c5)c4-c4cnc(-c5ccccc5)nc4)c3)cn2)cc1. The summed E-state index contributed by atoms with van der Waals surface area (Å²) in [6.45, 7) is 0. The summed E-state index contributed by atoms with van der Waals surface area (Å²) in [6, 6.07) is 124. The van der Waals surface area contributed by atoms with Crippen LogP contribution in [0, 0.1) is 0 Å². The minimum absolute atomic E-state index is 0.642. The van der Waals surface area contributed by atoms with Crippen molar-refractivity contribution < 1.29 is 0 Å². The summed E-state index contributed by atoms with van der Waals surface area (Å²) in [5.74, 6) is 0.642. The second kappa shape index (κ2) is 28.0. The van der Waals surface area contributed by atoms with E-state index >= 15 is 0 Å². The molecule has 0 amide bonds. The van der Waals surface area contributed by atoms with Gasteiger partial charge in [0.1, 0.15) is 0 Å². The highest BCUT2D eigenvalue weighted by atomic mass is 14.9. The van der Waals surface area contributed by atoms with E-state index in [2.05, 4.69) is 309 Å². The molecule has 17 aromatic rings. The van der Waals surface area contributed by atoms with Crippen molar-refractivity contribution in [2.45, 2.75) is 0 Å². The van der Waals surface area contributed by atoms with Gasteiger partial charge in [0.15, 0.2) is 5.82 Å². The molecule has 0 aliphatic heterocycles. The molecule has 5 aromatic heterocycles. The average Bonchev–Trinajstić information content (AvgIpc) is 0.756. The number of hydrogen-bond donors (Lipinski definition) is 0. The number of pyridine rings is 4. The first kappa shape index (κ1) is 61.9. The topological polar surface area (TPSA) is 77.3 Å². The summed E-state index contributed by atoms with van der Waals surface area (Å²) in [7, 11) is 0. The molecule has 0 aliphatic carbocycles. The lowest BCUT2D eigenvalue weighted by atomic mass is 9.83. The molecule has 478 valence electrons. The summed E-state index contributed by atoms with van der Waals surface area (Å²) in [6.07, 6.45) is 12.0. The van der Waals surface area contributed by atoms with Gasteiger partial charge >= 0.3 is 0 Å². The zero-order chi connectivity index (χ0) is 68.0. The number of benzene rings is 12. The van der Waals surface area contributed by atoms with Crippen LogP contribution in [0.5, 0.6) is 0 Å². The number of hydrogen-bond acceptors (Lipinski definition) is 6. The van der Waals surface area contributed by atoms with Gasteiger partial charge < -0.3 is 0 Å². The number of aromatic nitrogens is 6. The lowest BCUT2D eigenvalue weighted by molar-refractivity contribution is 1.18. The second-order valence-corrected chi connectivity index (χ2v) is 25.4. The molecule has 12 aromatic carbocycles. The highest BCUT2D eigenvalue weighted by Gasteiger charge is 2.23. The maximum atomic E-state index is 5.20. The van der Waals surface area contributed by atoms with Gasteiger partial charge in [-0.05, 0) is 150 Å². The van der Waals surface area contributed by atoms with Crippen molar-refractivity contribution in [2.75, 3.05) is 0 Å². The van der Waals surface area contributed by atoms with Gasteiger partial charge in [-0.25, -0.2) is 9.97 Å². The maximum absolute atomic E-state index is 5.20. The van der Waals surface area contributed by atoms with Crippen LogP contribution in [0.4, 0.5) is 0 Å². The third-order valence-electron chi connectivity index (χ3n) is 19.1. The van der Waals surface area contributed by atoms with Crippen molar-refractivity contribution in [3.8, 4) is 179 Å². The quantitative estimate of drug-likeness (QED) is 0.0959. The Morgan fingerprint density at radius 1 is 0.127 bits per heavy atom. The zero-order valence-corrected chi connectivity index (χ0v) is 55.6. The predicted octanol–water partition coefficient (Wildman–Crippen LogP) is 24.7. The first-order chi connectivity index (χ1) is 50.6. The highest BCUT2D eigenvalue weighted by molar-refractivity contribution is 6.01. The summed E-state index contributed by atoms with van der Waals surface area (Å²) in [5, 5.41) is 0. The van der Waals surface area contributed by atoms with Gasteiger partial charge in [0.2, 0.25) is 0 Å². The first-order valence-corrected chi connectivity index (χ1v) is 34.3. The Bertz CT molecular complexity index is 5190. The van der Waals surface area contributed by atoms with E-state index in [1.807, 2.05) is 79.6 Å². The molecule has 0 saturated carbocycles. The molecule has 0 N–H and O–H groups in total. The number of nitrogens with zero attached hydrogens (tertiary/aromatic N) is 6. The standard InChI is InChI=1S/C96H64N6/c1-6-25-65(26-7-1)91-49-45-70(59-97-91)81-35-16-20-39-85(81)74-53-75(86-40-21-17-36-82(86)71-46-50-92(98-60-71)66-27-8-2-9-28-66)56-78(55-74)89-43-24-44-90(95(89)80-63-101-96(102-64-80)69-33-14-5-15-34-69)79-57-76(87-41-22-18-37-83(87)72-47-51-93(99-61-72)67-29-10-3-11-30-67)54-77(58-79)88-42-23-19-38-84(88)73-48-52-94(100-62-73)68-31-12-4-13-32-68/h1-64H. The Morgan fingerprint density at radius 3 is 0.578 bits per heavy atom. The van der Waals surface area contributed by atoms with Crippen LogP contribution >= 0.6 is 0 Å². The van der Waals surface area contributed by atoms with Gasteiger partial charge in [0.25, 0.3) is 0 Å². The molecule has 0 spiro atoms.